The minimum absolute atomic E-state index is 0.0332. The Morgan fingerprint density at radius 2 is 1.69 bits per heavy atom. The molecule has 0 radical (unpaired) electrons. The molecule has 1 aromatic heterocycles. The summed E-state index contributed by atoms with van der Waals surface area (Å²) in [5.74, 6) is 0.908. The Kier molecular flexibility index (Phi) is 6.20. The number of hydrogen-bond acceptors (Lipinski definition) is 8. The maximum Gasteiger partial charge on any atom is 0.353 e. The maximum atomic E-state index is 11.8. The quantitative estimate of drug-likeness (QED) is 0.384. The average Bonchev–Trinajstić information content (AvgIpc) is 2.71. The second kappa shape index (κ2) is 8.80. The van der Waals surface area contributed by atoms with Gasteiger partial charge in [0, 0.05) is 6.07 Å². The van der Waals surface area contributed by atoms with Crippen molar-refractivity contribution in [2.45, 2.75) is 0 Å². The molecule has 2 N–H and O–H groups in total. The lowest BCUT2D eigenvalue weighted by atomic mass is 10.2. The number of aromatic nitrogens is 2. The Hall–Kier alpha value is -3.30. The standard InChI is InChI=1S/C18H15Cl2N5O4/c1-28-10-6-7-12(14(8-10)29-2)23-17-16(25(26)27)18(22-9-21-17)24-13-5-3-4-11(19)15(13)20/h3-9H,1-2H3,(H2,21,22,23,24). The first-order valence-corrected chi connectivity index (χ1v) is 8.89. The number of nitrogens with zero attached hydrogens (tertiary/aromatic N) is 3. The van der Waals surface area contributed by atoms with Crippen molar-refractivity contribution >= 4 is 51.9 Å². The molecule has 0 aliphatic carbocycles. The van der Waals surface area contributed by atoms with Crippen LogP contribution >= 0.6 is 23.2 Å². The van der Waals surface area contributed by atoms with Crippen molar-refractivity contribution < 1.29 is 14.4 Å². The van der Waals surface area contributed by atoms with Crippen LogP contribution in [-0.4, -0.2) is 29.1 Å². The lowest BCUT2D eigenvalue weighted by Gasteiger charge is -2.14. The molecular formula is C18H15Cl2N5O4. The normalized spacial score (nSPS) is 10.3. The first kappa shape index (κ1) is 20.4. The van der Waals surface area contributed by atoms with Gasteiger partial charge in [0.05, 0.1) is 40.6 Å². The summed E-state index contributed by atoms with van der Waals surface area (Å²) in [6.45, 7) is 0. The third-order valence-electron chi connectivity index (χ3n) is 3.87. The first-order chi connectivity index (χ1) is 13.9. The van der Waals surface area contributed by atoms with Crippen LogP contribution in [0.4, 0.5) is 28.7 Å². The maximum absolute atomic E-state index is 11.8. The topological polar surface area (TPSA) is 111 Å². The van der Waals surface area contributed by atoms with Crippen LogP contribution in [0, 0.1) is 10.1 Å². The van der Waals surface area contributed by atoms with Gasteiger partial charge in [-0.3, -0.25) is 10.1 Å². The Labute approximate surface area is 175 Å². The third-order valence-corrected chi connectivity index (χ3v) is 4.69. The molecule has 0 bridgehead atoms. The van der Waals surface area contributed by atoms with Gasteiger partial charge in [0.1, 0.15) is 17.8 Å². The predicted octanol–water partition coefficient (Wildman–Crippen LogP) is 5.20. The molecule has 29 heavy (non-hydrogen) atoms. The molecule has 1 heterocycles. The highest BCUT2D eigenvalue weighted by molar-refractivity contribution is 6.43. The molecule has 0 unspecified atom stereocenters. The van der Waals surface area contributed by atoms with Gasteiger partial charge in [-0.15, -0.1) is 0 Å². The summed E-state index contributed by atoms with van der Waals surface area (Å²) in [7, 11) is 3.00. The van der Waals surface area contributed by atoms with Crippen molar-refractivity contribution in [3.63, 3.8) is 0 Å². The van der Waals surface area contributed by atoms with Crippen LogP contribution in [0.3, 0.4) is 0 Å². The van der Waals surface area contributed by atoms with E-state index in [1.807, 2.05) is 0 Å². The summed E-state index contributed by atoms with van der Waals surface area (Å²) >= 11 is 12.2. The van der Waals surface area contributed by atoms with Crippen molar-refractivity contribution in [2.75, 3.05) is 24.9 Å². The van der Waals surface area contributed by atoms with Crippen LogP contribution in [0.2, 0.25) is 10.0 Å². The zero-order valence-electron chi connectivity index (χ0n) is 15.3. The molecule has 0 amide bonds. The fourth-order valence-corrected chi connectivity index (χ4v) is 2.84. The molecule has 2 aromatic carbocycles. The highest BCUT2D eigenvalue weighted by Gasteiger charge is 2.25. The number of halogens is 2. The van der Waals surface area contributed by atoms with E-state index in [9.17, 15) is 10.1 Å². The van der Waals surface area contributed by atoms with Crippen molar-refractivity contribution in [3.05, 3.63) is 62.9 Å². The molecule has 0 aliphatic rings. The number of nitrogens with one attached hydrogen (secondary N) is 2. The second-order valence-corrected chi connectivity index (χ2v) is 6.38. The molecule has 0 aliphatic heterocycles. The minimum Gasteiger partial charge on any atom is -0.497 e. The van der Waals surface area contributed by atoms with Gasteiger partial charge < -0.3 is 20.1 Å². The fraction of sp³-hybridized carbons (Fsp3) is 0.111. The third kappa shape index (κ3) is 4.41. The average molecular weight is 436 g/mol. The van der Waals surface area contributed by atoms with Gasteiger partial charge in [0.25, 0.3) is 0 Å². The van der Waals surface area contributed by atoms with Gasteiger partial charge in [0.2, 0.25) is 11.6 Å². The van der Waals surface area contributed by atoms with Crippen LogP contribution in [0.25, 0.3) is 0 Å². The highest BCUT2D eigenvalue weighted by Crippen LogP contribution is 2.38. The SMILES string of the molecule is COc1ccc(Nc2ncnc(Nc3cccc(Cl)c3Cl)c2[N+](=O)[O-])c(OC)c1. The lowest BCUT2D eigenvalue weighted by molar-refractivity contribution is -0.383. The van der Waals surface area contributed by atoms with E-state index in [4.69, 9.17) is 32.7 Å². The van der Waals surface area contributed by atoms with Gasteiger partial charge in [-0.25, -0.2) is 9.97 Å². The number of hydrogen-bond donors (Lipinski definition) is 2. The number of rotatable bonds is 7. The lowest BCUT2D eigenvalue weighted by Crippen LogP contribution is -2.06. The molecule has 0 atom stereocenters. The smallest absolute Gasteiger partial charge is 0.353 e. The van der Waals surface area contributed by atoms with E-state index >= 15 is 0 Å². The fourth-order valence-electron chi connectivity index (χ4n) is 2.49. The van der Waals surface area contributed by atoms with E-state index < -0.39 is 4.92 Å². The zero-order valence-corrected chi connectivity index (χ0v) is 16.8. The Morgan fingerprint density at radius 1 is 1.00 bits per heavy atom. The van der Waals surface area contributed by atoms with Crippen LogP contribution in [-0.2, 0) is 0 Å². The van der Waals surface area contributed by atoms with E-state index in [1.165, 1.54) is 20.5 Å². The Bertz CT molecular complexity index is 1060. The largest absolute Gasteiger partial charge is 0.497 e. The van der Waals surface area contributed by atoms with Crippen molar-refractivity contribution in [2.24, 2.45) is 0 Å². The predicted molar refractivity (Wildman–Crippen MR) is 111 cm³/mol. The number of ether oxygens (including phenoxy) is 2. The molecule has 0 spiro atoms. The zero-order chi connectivity index (χ0) is 21.0. The van der Waals surface area contributed by atoms with Crippen molar-refractivity contribution in [3.8, 4) is 11.5 Å². The Morgan fingerprint density at radius 3 is 2.31 bits per heavy atom. The summed E-state index contributed by atoms with van der Waals surface area (Å²) in [5, 5.41) is 18.0. The van der Waals surface area contributed by atoms with E-state index in [-0.39, 0.29) is 22.3 Å². The van der Waals surface area contributed by atoms with Gasteiger partial charge >= 0.3 is 5.69 Å². The number of nitro groups is 1. The Balaban J connectivity index is 2.02. The van der Waals surface area contributed by atoms with E-state index in [0.29, 0.717) is 27.9 Å². The van der Waals surface area contributed by atoms with Gasteiger partial charge in [-0.1, -0.05) is 29.3 Å². The molecule has 0 saturated carbocycles. The molecule has 0 saturated heterocycles. The summed E-state index contributed by atoms with van der Waals surface area (Å²) in [5.41, 5.74) is 0.456. The van der Waals surface area contributed by atoms with Crippen LogP contribution in [0.5, 0.6) is 11.5 Å². The van der Waals surface area contributed by atoms with Gasteiger partial charge in [0.15, 0.2) is 0 Å². The van der Waals surface area contributed by atoms with E-state index in [2.05, 4.69) is 20.6 Å². The van der Waals surface area contributed by atoms with Gasteiger partial charge in [-0.05, 0) is 24.3 Å². The number of methoxy groups -OCH3 is 2. The molecule has 11 heteroatoms. The molecule has 3 rings (SSSR count). The summed E-state index contributed by atoms with van der Waals surface area (Å²) in [6.07, 6.45) is 1.19. The van der Waals surface area contributed by atoms with Gasteiger partial charge in [-0.2, -0.15) is 0 Å². The highest BCUT2D eigenvalue weighted by atomic mass is 35.5. The van der Waals surface area contributed by atoms with Crippen LogP contribution in [0.1, 0.15) is 0 Å². The molecule has 0 fully saturated rings. The van der Waals surface area contributed by atoms with Crippen molar-refractivity contribution in [1.82, 2.24) is 9.97 Å². The van der Waals surface area contributed by atoms with Crippen LogP contribution < -0.4 is 20.1 Å². The molecular weight excluding hydrogens is 421 g/mol. The van der Waals surface area contributed by atoms with E-state index in [0.717, 1.165) is 0 Å². The summed E-state index contributed by atoms with van der Waals surface area (Å²) in [4.78, 5) is 19.2. The summed E-state index contributed by atoms with van der Waals surface area (Å²) in [6, 6.07) is 9.87. The molecule has 9 nitrogen and oxygen atoms in total. The first-order valence-electron chi connectivity index (χ1n) is 8.14. The van der Waals surface area contributed by atoms with Crippen LogP contribution in [0.15, 0.2) is 42.7 Å². The monoisotopic (exact) mass is 435 g/mol. The number of anilines is 4. The van der Waals surface area contributed by atoms with E-state index in [1.54, 1.807) is 36.4 Å². The summed E-state index contributed by atoms with van der Waals surface area (Å²) < 4.78 is 10.5. The second-order valence-electron chi connectivity index (χ2n) is 5.59. The van der Waals surface area contributed by atoms with Crippen molar-refractivity contribution in [1.29, 1.82) is 0 Å². The molecule has 3 aromatic rings. The molecule has 150 valence electrons. The number of benzene rings is 2. The minimum atomic E-state index is -0.598.